The minimum absolute atomic E-state index is 0.0523. The van der Waals surface area contributed by atoms with Crippen LogP contribution in [-0.2, 0) is 4.74 Å². The number of benzene rings is 2. The van der Waals surface area contributed by atoms with Crippen LogP contribution in [0.25, 0.3) is 0 Å². The van der Waals surface area contributed by atoms with E-state index in [0.717, 1.165) is 11.8 Å². The first-order valence-corrected chi connectivity index (χ1v) is 12.1. The number of para-hydroxylation sites is 1. The van der Waals surface area contributed by atoms with Crippen molar-refractivity contribution in [3.05, 3.63) is 102 Å². The molecular formula is C27H34F2N2O3S. The summed E-state index contributed by atoms with van der Waals surface area (Å²) in [4.78, 5) is 2.11. The van der Waals surface area contributed by atoms with Gasteiger partial charge in [0.25, 0.3) is 6.01 Å². The normalized spacial score (nSPS) is 21.6. The SMILES string of the molecule is CC.COC(/C=C(/O)F)=C/C=C/C1C(CCC(O)c2ccc(F)cc2)NC(S)N1c1ccccc1. The van der Waals surface area contributed by atoms with Gasteiger partial charge in [0.15, 0.2) is 0 Å². The Morgan fingerprint density at radius 1 is 1.17 bits per heavy atom. The quantitative estimate of drug-likeness (QED) is 0.187. The van der Waals surface area contributed by atoms with Gasteiger partial charge in [0.2, 0.25) is 0 Å². The van der Waals surface area contributed by atoms with Crippen molar-refractivity contribution in [1.82, 2.24) is 5.32 Å². The molecule has 4 atom stereocenters. The van der Waals surface area contributed by atoms with Gasteiger partial charge in [0.05, 0.1) is 25.3 Å². The van der Waals surface area contributed by atoms with E-state index in [1.54, 1.807) is 24.3 Å². The Morgan fingerprint density at radius 3 is 2.43 bits per heavy atom. The zero-order chi connectivity index (χ0) is 25.8. The second-order valence-electron chi connectivity index (χ2n) is 7.65. The standard InChI is InChI=1S/C25H28F2N2O3S.C2H6/c1-32-20(16-24(27)31)8-5-9-22-21(14-15-23(30)17-10-12-18(26)13-11-17)28-25(33)29(22)19-6-3-2-4-7-19;1-2/h2-13,16,21-23,25,28,30-31,33H,14-15H2,1H3;1-2H3/b9-5+,20-8+,24-16+;. The molecule has 0 saturated carbocycles. The van der Waals surface area contributed by atoms with Crippen LogP contribution in [0.1, 0.15) is 38.4 Å². The molecule has 5 nitrogen and oxygen atoms in total. The molecule has 8 heteroatoms. The van der Waals surface area contributed by atoms with E-state index < -0.39 is 12.1 Å². The lowest BCUT2D eigenvalue weighted by atomic mass is 9.97. The van der Waals surface area contributed by atoms with Crippen molar-refractivity contribution in [1.29, 1.82) is 0 Å². The summed E-state index contributed by atoms with van der Waals surface area (Å²) >= 11 is 4.71. The molecule has 2 aromatic carbocycles. The van der Waals surface area contributed by atoms with Gasteiger partial charge in [-0.1, -0.05) is 56.3 Å². The molecule has 4 unspecified atom stereocenters. The summed E-state index contributed by atoms with van der Waals surface area (Å²) in [7, 11) is 1.38. The number of methoxy groups -OCH3 is 1. The van der Waals surface area contributed by atoms with Crippen LogP contribution in [0.15, 0.2) is 90.7 Å². The number of allylic oxidation sites excluding steroid dienone is 3. The molecule has 0 aliphatic carbocycles. The van der Waals surface area contributed by atoms with E-state index in [9.17, 15) is 13.9 Å². The van der Waals surface area contributed by atoms with E-state index in [1.807, 2.05) is 50.3 Å². The molecular weight excluding hydrogens is 470 g/mol. The summed E-state index contributed by atoms with van der Waals surface area (Å²) in [6.45, 7) is 4.00. The predicted octanol–water partition coefficient (Wildman–Crippen LogP) is 6.18. The summed E-state index contributed by atoms with van der Waals surface area (Å²) in [5.41, 5.74) is 1.36. The van der Waals surface area contributed by atoms with Crippen LogP contribution in [0.4, 0.5) is 14.5 Å². The number of halogens is 2. The molecule has 1 aliphatic rings. The number of nitrogens with one attached hydrogen (secondary N) is 1. The molecule has 1 heterocycles. The molecule has 0 amide bonds. The zero-order valence-corrected chi connectivity index (χ0v) is 21.1. The van der Waals surface area contributed by atoms with E-state index in [0.29, 0.717) is 18.4 Å². The van der Waals surface area contributed by atoms with Crippen molar-refractivity contribution in [2.45, 2.75) is 50.4 Å². The Morgan fingerprint density at radius 2 is 1.83 bits per heavy atom. The fraction of sp³-hybridized carbons (Fsp3) is 0.333. The molecule has 1 fully saturated rings. The van der Waals surface area contributed by atoms with Gasteiger partial charge in [-0.15, -0.1) is 12.6 Å². The number of thiol groups is 1. The fourth-order valence-corrected chi connectivity index (χ4v) is 4.35. The van der Waals surface area contributed by atoms with E-state index in [1.165, 1.54) is 19.2 Å². The van der Waals surface area contributed by atoms with Crippen molar-refractivity contribution in [3.8, 4) is 0 Å². The molecule has 1 saturated heterocycles. The maximum absolute atomic E-state index is 13.2. The molecule has 0 spiro atoms. The monoisotopic (exact) mass is 504 g/mol. The van der Waals surface area contributed by atoms with Gasteiger partial charge in [0, 0.05) is 11.7 Å². The Hall–Kier alpha value is -2.81. The average molecular weight is 505 g/mol. The van der Waals surface area contributed by atoms with Crippen molar-refractivity contribution < 1.29 is 23.7 Å². The van der Waals surface area contributed by atoms with Gasteiger partial charge in [-0.3, -0.25) is 5.32 Å². The topological polar surface area (TPSA) is 65.0 Å². The highest BCUT2D eigenvalue weighted by Gasteiger charge is 2.37. The number of aliphatic hydroxyl groups excluding tert-OH is 2. The van der Waals surface area contributed by atoms with Crippen molar-refractivity contribution in [3.63, 3.8) is 0 Å². The number of aliphatic hydroxyl groups is 2. The highest BCUT2D eigenvalue weighted by Crippen LogP contribution is 2.31. The number of rotatable bonds is 9. The van der Waals surface area contributed by atoms with Gasteiger partial charge >= 0.3 is 0 Å². The number of hydrogen-bond donors (Lipinski definition) is 4. The fourth-order valence-electron chi connectivity index (χ4n) is 3.87. The first-order chi connectivity index (χ1) is 16.9. The lowest BCUT2D eigenvalue weighted by molar-refractivity contribution is 0.160. The molecule has 3 rings (SSSR count). The van der Waals surface area contributed by atoms with Crippen LogP contribution in [-0.4, -0.2) is 34.9 Å². The van der Waals surface area contributed by atoms with Crippen molar-refractivity contribution in [2.24, 2.45) is 0 Å². The molecule has 0 aromatic heterocycles. The minimum atomic E-state index is -1.34. The third-order valence-corrected chi connectivity index (χ3v) is 5.88. The van der Waals surface area contributed by atoms with Crippen molar-refractivity contribution >= 4 is 18.3 Å². The molecule has 0 bridgehead atoms. The van der Waals surface area contributed by atoms with Gasteiger partial charge in [-0.05, 0) is 48.7 Å². The Bertz CT molecular complexity index is 980. The van der Waals surface area contributed by atoms with Crippen LogP contribution < -0.4 is 10.2 Å². The van der Waals surface area contributed by atoms with Gasteiger partial charge in [-0.2, -0.15) is 4.39 Å². The molecule has 35 heavy (non-hydrogen) atoms. The smallest absolute Gasteiger partial charge is 0.273 e. The van der Waals surface area contributed by atoms with E-state index >= 15 is 0 Å². The molecule has 0 radical (unpaired) electrons. The second kappa shape index (κ2) is 14.6. The first kappa shape index (κ1) is 28.4. The Labute approximate surface area is 211 Å². The summed E-state index contributed by atoms with van der Waals surface area (Å²) in [5.74, 6) is -0.182. The lowest BCUT2D eigenvalue weighted by Crippen LogP contribution is -2.36. The van der Waals surface area contributed by atoms with Crippen LogP contribution in [0.5, 0.6) is 0 Å². The highest BCUT2D eigenvalue weighted by atomic mass is 32.1. The van der Waals surface area contributed by atoms with Crippen LogP contribution >= 0.6 is 12.6 Å². The summed E-state index contributed by atoms with van der Waals surface area (Å²) in [6, 6.07) is 14.1. The van der Waals surface area contributed by atoms with Crippen molar-refractivity contribution in [2.75, 3.05) is 12.0 Å². The number of ether oxygens (including phenoxy) is 1. The van der Waals surface area contributed by atoms with Crippen LogP contribution in [0, 0.1) is 5.82 Å². The maximum atomic E-state index is 13.2. The van der Waals surface area contributed by atoms with Gasteiger partial charge < -0.3 is 19.8 Å². The van der Waals surface area contributed by atoms with E-state index in [-0.39, 0.29) is 29.2 Å². The Balaban J connectivity index is 0.00000210. The highest BCUT2D eigenvalue weighted by molar-refractivity contribution is 7.81. The van der Waals surface area contributed by atoms with Crippen LogP contribution in [0.3, 0.4) is 0 Å². The van der Waals surface area contributed by atoms with E-state index in [4.69, 9.17) is 22.5 Å². The number of anilines is 1. The summed E-state index contributed by atoms with van der Waals surface area (Å²) < 4.78 is 31.0. The van der Waals surface area contributed by atoms with Crippen LogP contribution in [0.2, 0.25) is 0 Å². The minimum Gasteiger partial charge on any atom is -0.497 e. The summed E-state index contributed by atoms with van der Waals surface area (Å²) in [6.07, 6.45) is 6.47. The van der Waals surface area contributed by atoms with Gasteiger partial charge in [0.1, 0.15) is 17.1 Å². The molecule has 190 valence electrons. The predicted molar refractivity (Wildman–Crippen MR) is 140 cm³/mol. The third kappa shape index (κ3) is 8.42. The summed E-state index contributed by atoms with van der Waals surface area (Å²) in [5, 5.41) is 22.9. The second-order valence-corrected chi connectivity index (χ2v) is 8.14. The zero-order valence-electron chi connectivity index (χ0n) is 20.2. The largest absolute Gasteiger partial charge is 0.497 e. The Kier molecular flexibility index (Phi) is 11.8. The molecule has 2 aromatic rings. The molecule has 3 N–H and O–H groups in total. The maximum Gasteiger partial charge on any atom is 0.273 e. The lowest BCUT2D eigenvalue weighted by Gasteiger charge is -2.29. The first-order valence-electron chi connectivity index (χ1n) is 11.6. The number of hydrogen-bond acceptors (Lipinski definition) is 6. The molecule has 1 aliphatic heterocycles. The average Bonchev–Trinajstić information content (AvgIpc) is 3.18. The number of nitrogens with zero attached hydrogens (tertiary/aromatic N) is 1. The van der Waals surface area contributed by atoms with E-state index in [2.05, 4.69) is 10.2 Å². The third-order valence-electron chi connectivity index (χ3n) is 5.49. The van der Waals surface area contributed by atoms with Gasteiger partial charge in [-0.25, -0.2) is 4.39 Å².